The smallest absolute Gasteiger partial charge is 0.0704 e. The van der Waals surface area contributed by atoms with Crippen LogP contribution in [0.1, 0.15) is 84.0 Å². The second-order valence-corrected chi connectivity index (χ2v) is 13.4. The number of hydrogen-bond acceptors (Lipinski definition) is 14. The second kappa shape index (κ2) is 47.8. The number of piperidine rings is 1. The summed E-state index contributed by atoms with van der Waals surface area (Å²) < 4.78 is 72.2. The van der Waals surface area contributed by atoms with Crippen LogP contribution in [0.15, 0.2) is 0 Å². The third-order valence-electron chi connectivity index (χ3n) is 8.60. The fraction of sp³-hybridized carbons (Fsp3) is 1.00. The summed E-state index contributed by atoms with van der Waals surface area (Å²) in [5, 5.41) is 3.33. The van der Waals surface area contributed by atoms with Crippen LogP contribution in [-0.4, -0.2) is 184 Å². The third kappa shape index (κ3) is 44.4. The SMILES string of the molecule is CCCCCCCCCCCCOCCOCCOCCOCCOCCOCCOCCOCCOCCOCCOCCOCCOC1CCNCC1. The third-order valence-corrected chi connectivity index (χ3v) is 8.60. The molecule has 0 aliphatic carbocycles. The maximum Gasteiger partial charge on any atom is 0.0704 e. The van der Waals surface area contributed by atoms with E-state index in [0.29, 0.717) is 165 Å². The van der Waals surface area contributed by atoms with E-state index in [-0.39, 0.29) is 0 Å². The van der Waals surface area contributed by atoms with Gasteiger partial charge in [-0.2, -0.15) is 0 Å². The molecule has 0 aromatic carbocycles. The number of rotatable bonds is 48. The summed E-state index contributed by atoms with van der Waals surface area (Å²) in [7, 11) is 0. The van der Waals surface area contributed by atoms with Gasteiger partial charge in [0.1, 0.15) is 0 Å². The van der Waals surface area contributed by atoms with E-state index in [4.69, 9.17) is 61.6 Å². The molecule has 1 aliphatic heterocycles. The zero-order valence-electron chi connectivity index (χ0n) is 35.0. The van der Waals surface area contributed by atoms with Crippen LogP contribution in [0.4, 0.5) is 0 Å². The predicted octanol–water partition coefficient (Wildman–Crippen LogP) is 4.88. The molecule has 0 aromatic rings. The van der Waals surface area contributed by atoms with Crippen molar-refractivity contribution in [3.63, 3.8) is 0 Å². The molecule has 0 spiro atoms. The van der Waals surface area contributed by atoms with Crippen LogP contribution < -0.4 is 5.32 Å². The molecule has 55 heavy (non-hydrogen) atoms. The van der Waals surface area contributed by atoms with E-state index in [2.05, 4.69) is 12.2 Å². The van der Waals surface area contributed by atoms with Crippen molar-refractivity contribution in [3.8, 4) is 0 Å². The van der Waals surface area contributed by atoms with Crippen molar-refractivity contribution in [1.82, 2.24) is 5.32 Å². The molecule has 0 radical (unpaired) electrons. The Kier molecular flexibility index (Phi) is 45.6. The van der Waals surface area contributed by atoms with Crippen LogP contribution in [0.2, 0.25) is 0 Å². The van der Waals surface area contributed by atoms with Crippen LogP contribution in [0.5, 0.6) is 0 Å². The lowest BCUT2D eigenvalue weighted by Crippen LogP contribution is -2.33. The summed E-state index contributed by atoms with van der Waals surface area (Å²) >= 11 is 0. The first kappa shape index (κ1) is 52.5. The van der Waals surface area contributed by atoms with Crippen molar-refractivity contribution in [2.45, 2.75) is 90.1 Å². The molecular weight excluding hydrogens is 714 g/mol. The van der Waals surface area contributed by atoms with Crippen molar-refractivity contribution in [3.05, 3.63) is 0 Å². The van der Waals surface area contributed by atoms with E-state index < -0.39 is 0 Å². The predicted molar refractivity (Wildman–Crippen MR) is 214 cm³/mol. The zero-order chi connectivity index (χ0) is 39.1. The lowest BCUT2D eigenvalue weighted by Gasteiger charge is -2.22. The molecule has 0 atom stereocenters. The summed E-state index contributed by atoms with van der Waals surface area (Å²) in [6, 6.07) is 0. The van der Waals surface area contributed by atoms with Gasteiger partial charge in [0.25, 0.3) is 0 Å². The zero-order valence-corrected chi connectivity index (χ0v) is 35.0. The quantitative estimate of drug-likeness (QED) is 0.0840. The van der Waals surface area contributed by atoms with Gasteiger partial charge in [-0.3, -0.25) is 0 Å². The Labute approximate surface area is 334 Å². The Balaban J connectivity index is 1.59. The highest BCUT2D eigenvalue weighted by molar-refractivity contribution is 4.67. The molecule has 0 saturated carbocycles. The number of hydrogen-bond donors (Lipinski definition) is 1. The van der Waals surface area contributed by atoms with Crippen LogP contribution >= 0.6 is 0 Å². The van der Waals surface area contributed by atoms with Gasteiger partial charge in [-0.25, -0.2) is 0 Å². The first-order chi connectivity index (χ1) is 27.4. The minimum absolute atomic E-state index is 0.372. The Morgan fingerprint density at radius 1 is 0.291 bits per heavy atom. The summed E-state index contributed by atoms with van der Waals surface area (Å²) in [5.74, 6) is 0. The van der Waals surface area contributed by atoms with E-state index >= 15 is 0 Å². The topological polar surface area (TPSA) is 132 Å². The van der Waals surface area contributed by atoms with E-state index in [1.165, 1.54) is 57.8 Å². The van der Waals surface area contributed by atoms with Crippen LogP contribution in [0.3, 0.4) is 0 Å². The molecule has 1 rings (SSSR count). The lowest BCUT2D eigenvalue weighted by atomic mass is 10.1. The highest BCUT2D eigenvalue weighted by Crippen LogP contribution is 2.10. The average molecular weight is 798 g/mol. The van der Waals surface area contributed by atoms with Gasteiger partial charge in [0, 0.05) is 6.61 Å². The minimum atomic E-state index is 0.372. The molecule has 1 aliphatic rings. The Hall–Kier alpha value is -0.560. The molecular formula is C41H83NO13. The molecule has 0 amide bonds. The van der Waals surface area contributed by atoms with Gasteiger partial charge in [0.05, 0.1) is 165 Å². The highest BCUT2D eigenvalue weighted by Gasteiger charge is 2.12. The largest absolute Gasteiger partial charge is 0.379 e. The van der Waals surface area contributed by atoms with E-state index in [0.717, 1.165) is 39.0 Å². The monoisotopic (exact) mass is 798 g/mol. The fourth-order valence-electron chi connectivity index (χ4n) is 5.45. The van der Waals surface area contributed by atoms with Crippen molar-refractivity contribution < 1.29 is 61.6 Å². The van der Waals surface area contributed by atoms with E-state index in [1.807, 2.05) is 0 Å². The van der Waals surface area contributed by atoms with Gasteiger partial charge in [-0.1, -0.05) is 64.7 Å². The first-order valence-corrected chi connectivity index (χ1v) is 21.7. The molecule has 330 valence electrons. The van der Waals surface area contributed by atoms with Gasteiger partial charge < -0.3 is 66.9 Å². The fourth-order valence-corrected chi connectivity index (χ4v) is 5.45. The van der Waals surface area contributed by atoms with Crippen LogP contribution in [0.25, 0.3) is 0 Å². The number of ether oxygens (including phenoxy) is 13. The van der Waals surface area contributed by atoms with Gasteiger partial charge in [0.2, 0.25) is 0 Å². The van der Waals surface area contributed by atoms with Crippen molar-refractivity contribution in [2.75, 3.05) is 178 Å². The summed E-state index contributed by atoms with van der Waals surface area (Å²) in [6.07, 6.45) is 15.9. The molecule has 1 saturated heterocycles. The molecule has 0 bridgehead atoms. The standard InChI is InChI=1S/C41H83NO13/c1-2-3-4-5-6-7-8-9-10-11-16-43-17-18-44-19-20-45-21-22-46-23-24-47-25-26-48-27-28-49-29-30-50-31-32-51-33-34-52-35-36-53-37-38-54-39-40-55-41-12-14-42-15-13-41/h41-42H,2-40H2,1H3. The Bertz CT molecular complexity index is 695. The van der Waals surface area contributed by atoms with Crippen molar-refractivity contribution in [1.29, 1.82) is 0 Å². The summed E-state index contributed by atoms with van der Waals surface area (Å²) in [5.41, 5.74) is 0. The summed E-state index contributed by atoms with van der Waals surface area (Å²) in [4.78, 5) is 0. The Morgan fingerprint density at radius 2 is 0.527 bits per heavy atom. The van der Waals surface area contributed by atoms with E-state index in [1.54, 1.807) is 0 Å². The molecule has 1 heterocycles. The van der Waals surface area contributed by atoms with Crippen molar-refractivity contribution in [2.24, 2.45) is 0 Å². The maximum atomic E-state index is 5.80. The number of unbranched alkanes of at least 4 members (excludes halogenated alkanes) is 9. The molecule has 14 nitrogen and oxygen atoms in total. The van der Waals surface area contributed by atoms with Crippen LogP contribution in [-0.2, 0) is 61.6 Å². The van der Waals surface area contributed by atoms with Gasteiger partial charge in [0.15, 0.2) is 0 Å². The van der Waals surface area contributed by atoms with Gasteiger partial charge in [-0.15, -0.1) is 0 Å². The van der Waals surface area contributed by atoms with Gasteiger partial charge >= 0.3 is 0 Å². The van der Waals surface area contributed by atoms with Gasteiger partial charge in [-0.05, 0) is 32.4 Å². The normalized spacial score (nSPS) is 13.7. The summed E-state index contributed by atoms with van der Waals surface area (Å²) in [6.45, 7) is 18.3. The molecule has 1 fully saturated rings. The molecule has 14 heteroatoms. The second-order valence-electron chi connectivity index (χ2n) is 13.4. The molecule has 1 N–H and O–H groups in total. The molecule has 0 aromatic heterocycles. The maximum absolute atomic E-state index is 5.80. The number of nitrogens with one attached hydrogen (secondary N) is 1. The van der Waals surface area contributed by atoms with E-state index in [9.17, 15) is 0 Å². The molecule has 0 unspecified atom stereocenters. The Morgan fingerprint density at radius 3 is 0.818 bits per heavy atom. The lowest BCUT2D eigenvalue weighted by molar-refractivity contribution is -0.0327. The van der Waals surface area contributed by atoms with Crippen LogP contribution in [0, 0.1) is 0 Å². The first-order valence-electron chi connectivity index (χ1n) is 21.7. The minimum Gasteiger partial charge on any atom is -0.379 e. The van der Waals surface area contributed by atoms with Crippen molar-refractivity contribution >= 4 is 0 Å². The highest BCUT2D eigenvalue weighted by atomic mass is 16.6. The average Bonchev–Trinajstić information content (AvgIpc) is 3.21.